The fourth-order valence-electron chi connectivity index (χ4n) is 0.952. The zero-order valence-electron chi connectivity index (χ0n) is 5.09. The van der Waals surface area contributed by atoms with Crippen molar-refractivity contribution in [3.63, 3.8) is 0 Å². The molecule has 9 heavy (non-hydrogen) atoms. The number of rotatable bonds is 1. The van der Waals surface area contributed by atoms with Crippen molar-refractivity contribution in [2.75, 3.05) is 13.1 Å². The molecule has 52 valence electrons. The van der Waals surface area contributed by atoms with E-state index in [2.05, 4.69) is 16.1 Å². The minimum Gasteiger partial charge on any atom is -0.373 e. The Kier molecular flexibility index (Phi) is 2.02. The Morgan fingerprint density at radius 1 is 1.78 bits per heavy atom. The van der Waals surface area contributed by atoms with Crippen molar-refractivity contribution in [2.45, 2.75) is 6.42 Å². The molecule has 0 aliphatic carbocycles. The van der Waals surface area contributed by atoms with E-state index in [1.165, 1.54) is 0 Å². The predicted octanol–water partition coefficient (Wildman–Crippen LogP) is -0.987. The Hall–Kier alpha value is -0.610. The van der Waals surface area contributed by atoms with E-state index >= 15 is 0 Å². The van der Waals surface area contributed by atoms with E-state index < -0.39 is 0 Å². The molecule has 4 heteroatoms. The van der Waals surface area contributed by atoms with E-state index in [-0.39, 0.29) is 11.9 Å². The summed E-state index contributed by atoms with van der Waals surface area (Å²) in [6.07, 6.45) is 0.843. The van der Waals surface area contributed by atoms with Gasteiger partial charge in [0, 0.05) is 6.54 Å². The number of hydrogen-bond acceptors (Lipinski definition) is 4. The summed E-state index contributed by atoms with van der Waals surface area (Å²) in [5.41, 5.74) is 0. The molecule has 0 aromatic rings. The summed E-state index contributed by atoms with van der Waals surface area (Å²) in [4.78, 5) is 14.7. The van der Waals surface area contributed by atoms with Crippen LogP contribution in [-0.4, -0.2) is 19.1 Å². The number of nitrogens with two attached hydrogens (primary N) is 1. The first-order valence-corrected chi connectivity index (χ1v) is 2.96. The van der Waals surface area contributed by atoms with Crippen molar-refractivity contribution in [3.8, 4) is 0 Å². The predicted molar refractivity (Wildman–Crippen MR) is 31.3 cm³/mol. The molecule has 1 rings (SSSR count). The van der Waals surface area contributed by atoms with Gasteiger partial charge in [-0.3, -0.25) is 4.79 Å². The largest absolute Gasteiger partial charge is 0.373 e. The lowest BCUT2D eigenvalue weighted by Gasteiger charge is -2.01. The lowest BCUT2D eigenvalue weighted by Crippen LogP contribution is -2.22. The van der Waals surface area contributed by atoms with Crippen LogP contribution in [0.25, 0.3) is 0 Å². The van der Waals surface area contributed by atoms with Crippen molar-refractivity contribution < 1.29 is 9.63 Å². The zero-order valence-corrected chi connectivity index (χ0v) is 5.09. The van der Waals surface area contributed by atoms with Crippen LogP contribution in [0, 0.1) is 5.92 Å². The van der Waals surface area contributed by atoms with Crippen LogP contribution in [0.3, 0.4) is 0 Å². The summed E-state index contributed by atoms with van der Waals surface area (Å²) in [7, 11) is 0. The molecule has 1 heterocycles. The Morgan fingerprint density at radius 2 is 2.56 bits per heavy atom. The number of carbonyl (C=O) groups is 1. The standard InChI is InChI=1S/C5H10N2O2/c6-9-5(8)4-1-2-7-3-4/h4,7H,1-3,6H2. The van der Waals surface area contributed by atoms with Crippen molar-refractivity contribution in [3.05, 3.63) is 0 Å². The van der Waals surface area contributed by atoms with E-state index in [9.17, 15) is 4.79 Å². The maximum atomic E-state index is 10.6. The Labute approximate surface area is 53.3 Å². The lowest BCUT2D eigenvalue weighted by atomic mass is 10.1. The average Bonchev–Trinajstić information content (AvgIpc) is 2.37. The van der Waals surface area contributed by atoms with Crippen molar-refractivity contribution in [2.24, 2.45) is 11.8 Å². The van der Waals surface area contributed by atoms with Gasteiger partial charge in [0.2, 0.25) is 0 Å². The van der Waals surface area contributed by atoms with Crippen molar-refractivity contribution in [1.82, 2.24) is 5.32 Å². The first-order valence-electron chi connectivity index (χ1n) is 2.96. The van der Waals surface area contributed by atoms with E-state index in [1.807, 2.05) is 0 Å². The summed E-state index contributed by atoms with van der Waals surface area (Å²) < 4.78 is 0. The van der Waals surface area contributed by atoms with Crippen LogP contribution in [-0.2, 0) is 9.63 Å². The zero-order chi connectivity index (χ0) is 6.69. The first-order chi connectivity index (χ1) is 4.34. The highest BCUT2D eigenvalue weighted by atomic mass is 16.7. The number of carbonyl (C=O) groups excluding carboxylic acids is 1. The minimum atomic E-state index is -0.306. The summed E-state index contributed by atoms with van der Waals surface area (Å²) in [6, 6.07) is 0. The van der Waals surface area contributed by atoms with E-state index in [0.717, 1.165) is 13.0 Å². The molecule has 0 spiro atoms. The van der Waals surface area contributed by atoms with Gasteiger partial charge in [0.1, 0.15) is 0 Å². The molecule has 0 aromatic heterocycles. The molecule has 0 saturated carbocycles. The van der Waals surface area contributed by atoms with Gasteiger partial charge in [-0.1, -0.05) is 0 Å². The quantitative estimate of drug-likeness (QED) is 0.447. The summed E-state index contributed by atoms with van der Waals surface area (Å²) in [5.74, 6) is 4.35. The van der Waals surface area contributed by atoms with Crippen LogP contribution >= 0.6 is 0 Å². The SMILES string of the molecule is NOC(=O)C1CCNC1. The molecular weight excluding hydrogens is 120 g/mol. The van der Waals surface area contributed by atoms with Gasteiger partial charge in [-0.15, -0.1) is 0 Å². The molecule has 0 aromatic carbocycles. The van der Waals surface area contributed by atoms with Crippen LogP contribution in [0.1, 0.15) is 6.42 Å². The average molecular weight is 130 g/mol. The maximum absolute atomic E-state index is 10.6. The monoisotopic (exact) mass is 130 g/mol. The van der Waals surface area contributed by atoms with Gasteiger partial charge in [-0.25, -0.2) is 0 Å². The Bertz CT molecular complexity index is 110. The van der Waals surface area contributed by atoms with E-state index in [4.69, 9.17) is 0 Å². The highest BCUT2D eigenvalue weighted by molar-refractivity contribution is 5.72. The van der Waals surface area contributed by atoms with Crippen LogP contribution in [0.2, 0.25) is 0 Å². The van der Waals surface area contributed by atoms with Gasteiger partial charge < -0.3 is 10.2 Å². The summed E-state index contributed by atoms with van der Waals surface area (Å²) in [5, 5.41) is 3.03. The fourth-order valence-corrected chi connectivity index (χ4v) is 0.952. The van der Waals surface area contributed by atoms with Gasteiger partial charge in [-0.05, 0) is 13.0 Å². The second-order valence-corrected chi connectivity index (χ2v) is 2.13. The molecule has 0 bridgehead atoms. The van der Waals surface area contributed by atoms with Gasteiger partial charge in [0.05, 0.1) is 5.92 Å². The van der Waals surface area contributed by atoms with Crippen molar-refractivity contribution >= 4 is 5.97 Å². The van der Waals surface area contributed by atoms with Gasteiger partial charge in [0.15, 0.2) is 0 Å². The Morgan fingerprint density at radius 3 is 3.00 bits per heavy atom. The highest BCUT2D eigenvalue weighted by Gasteiger charge is 2.22. The molecule has 0 radical (unpaired) electrons. The first kappa shape index (κ1) is 6.51. The molecule has 1 fully saturated rings. The van der Waals surface area contributed by atoms with E-state index in [0.29, 0.717) is 6.54 Å². The van der Waals surface area contributed by atoms with Crippen LogP contribution in [0.15, 0.2) is 0 Å². The third-order valence-corrected chi connectivity index (χ3v) is 1.51. The molecule has 1 aliphatic heterocycles. The highest BCUT2D eigenvalue weighted by Crippen LogP contribution is 2.07. The normalized spacial score (nSPS) is 26.1. The molecule has 1 unspecified atom stereocenters. The van der Waals surface area contributed by atoms with Crippen LogP contribution < -0.4 is 11.2 Å². The molecular formula is C5H10N2O2. The third kappa shape index (κ3) is 1.40. The number of hydrogen-bond donors (Lipinski definition) is 2. The minimum absolute atomic E-state index is 0.0185. The van der Waals surface area contributed by atoms with Crippen molar-refractivity contribution in [1.29, 1.82) is 0 Å². The van der Waals surface area contributed by atoms with Gasteiger partial charge in [0.25, 0.3) is 0 Å². The van der Waals surface area contributed by atoms with E-state index in [1.54, 1.807) is 0 Å². The molecule has 1 aliphatic rings. The second kappa shape index (κ2) is 2.80. The summed E-state index contributed by atoms with van der Waals surface area (Å²) in [6.45, 7) is 1.59. The Balaban J connectivity index is 2.32. The molecule has 1 atom stereocenters. The second-order valence-electron chi connectivity index (χ2n) is 2.13. The third-order valence-electron chi connectivity index (χ3n) is 1.51. The molecule has 1 saturated heterocycles. The molecule has 3 N–H and O–H groups in total. The van der Waals surface area contributed by atoms with Gasteiger partial charge >= 0.3 is 5.97 Å². The van der Waals surface area contributed by atoms with Gasteiger partial charge in [-0.2, -0.15) is 5.90 Å². The van der Waals surface area contributed by atoms with Crippen LogP contribution in [0.4, 0.5) is 0 Å². The lowest BCUT2D eigenvalue weighted by molar-refractivity contribution is -0.148. The summed E-state index contributed by atoms with van der Waals surface area (Å²) >= 11 is 0. The smallest absolute Gasteiger partial charge is 0.328 e. The molecule has 0 amide bonds. The topological polar surface area (TPSA) is 64.3 Å². The maximum Gasteiger partial charge on any atom is 0.328 e. The fraction of sp³-hybridized carbons (Fsp3) is 0.800. The number of nitrogens with one attached hydrogen (secondary N) is 1. The van der Waals surface area contributed by atoms with Crippen LogP contribution in [0.5, 0.6) is 0 Å². The molecule has 4 nitrogen and oxygen atoms in total.